The molecule has 1 fully saturated rings. The molecule has 0 unspecified atom stereocenters. The Labute approximate surface area is 198 Å². The van der Waals surface area contributed by atoms with Crippen LogP contribution < -0.4 is 4.90 Å². The Bertz CT molecular complexity index is 984. The minimum Gasteiger partial charge on any atom is -0.369 e. The number of anilines is 1. The third-order valence-corrected chi connectivity index (χ3v) is 6.88. The van der Waals surface area contributed by atoms with Gasteiger partial charge in [-0.1, -0.05) is 78.4 Å². The van der Waals surface area contributed by atoms with Crippen molar-refractivity contribution in [2.75, 3.05) is 51.7 Å². The third kappa shape index (κ3) is 4.96. The van der Waals surface area contributed by atoms with Crippen molar-refractivity contribution in [2.24, 2.45) is 0 Å². The van der Waals surface area contributed by atoms with Gasteiger partial charge < -0.3 is 9.80 Å². The van der Waals surface area contributed by atoms with E-state index >= 15 is 0 Å². The molecular weight excluding hydrogens is 406 g/mol. The molecule has 0 spiro atoms. The van der Waals surface area contributed by atoms with Crippen LogP contribution >= 0.6 is 0 Å². The highest BCUT2D eigenvalue weighted by Crippen LogP contribution is 2.38. The molecule has 0 N–H and O–H groups in total. The molecule has 4 rings (SSSR count). The molecule has 3 aromatic carbocycles. The van der Waals surface area contributed by atoms with Gasteiger partial charge in [-0.15, -0.1) is 0 Å². The summed E-state index contributed by atoms with van der Waals surface area (Å²) < 4.78 is 0. The van der Waals surface area contributed by atoms with Crippen LogP contribution in [0.5, 0.6) is 0 Å². The second-order valence-corrected chi connectivity index (χ2v) is 9.25. The second kappa shape index (κ2) is 10.2. The fourth-order valence-electron chi connectivity index (χ4n) is 4.95. The summed E-state index contributed by atoms with van der Waals surface area (Å²) in [4.78, 5) is 20.5. The Morgan fingerprint density at radius 2 is 1.30 bits per heavy atom. The first-order chi connectivity index (χ1) is 16.0. The molecule has 3 aromatic rings. The molecule has 0 saturated carbocycles. The SMILES string of the molecule is Cc1ccc(N2CCN(CCC(C(=O)N(C)C)(c3ccccc3)c3ccccc3)CC2)cc1. The number of carbonyl (C=O) groups excluding carboxylic acids is 1. The van der Waals surface area contributed by atoms with Crippen molar-refractivity contribution in [1.82, 2.24) is 9.80 Å². The maximum atomic E-state index is 13.8. The van der Waals surface area contributed by atoms with E-state index in [0.717, 1.165) is 50.3 Å². The van der Waals surface area contributed by atoms with Crippen molar-refractivity contribution in [1.29, 1.82) is 0 Å². The smallest absolute Gasteiger partial charge is 0.237 e. The van der Waals surface area contributed by atoms with E-state index in [4.69, 9.17) is 0 Å². The van der Waals surface area contributed by atoms with E-state index in [2.05, 4.69) is 65.3 Å². The monoisotopic (exact) mass is 441 g/mol. The van der Waals surface area contributed by atoms with E-state index in [0.29, 0.717) is 0 Å². The Balaban J connectivity index is 1.55. The van der Waals surface area contributed by atoms with Crippen LogP contribution in [0.3, 0.4) is 0 Å². The maximum absolute atomic E-state index is 13.8. The lowest BCUT2D eigenvalue weighted by Gasteiger charge is -2.40. The van der Waals surface area contributed by atoms with Crippen LogP contribution in [0.1, 0.15) is 23.1 Å². The normalized spacial score (nSPS) is 14.8. The highest BCUT2D eigenvalue weighted by molar-refractivity contribution is 5.91. The maximum Gasteiger partial charge on any atom is 0.237 e. The molecule has 0 atom stereocenters. The van der Waals surface area contributed by atoms with E-state index in [1.54, 1.807) is 4.90 Å². The average molecular weight is 442 g/mol. The highest BCUT2D eigenvalue weighted by atomic mass is 16.2. The Morgan fingerprint density at radius 1 is 0.788 bits per heavy atom. The first kappa shape index (κ1) is 23.1. The lowest BCUT2D eigenvalue weighted by Crippen LogP contribution is -2.50. The van der Waals surface area contributed by atoms with Crippen molar-refractivity contribution in [2.45, 2.75) is 18.8 Å². The number of carbonyl (C=O) groups is 1. The van der Waals surface area contributed by atoms with Gasteiger partial charge in [-0.05, 0) is 43.1 Å². The molecule has 4 nitrogen and oxygen atoms in total. The summed E-state index contributed by atoms with van der Waals surface area (Å²) in [7, 11) is 3.73. The number of aryl methyl sites for hydroxylation is 1. The van der Waals surface area contributed by atoms with Crippen molar-refractivity contribution in [3.63, 3.8) is 0 Å². The zero-order valence-electron chi connectivity index (χ0n) is 20.1. The molecule has 1 aliphatic rings. The molecule has 4 heteroatoms. The standard InChI is InChI=1S/C29H35N3O/c1-24-14-16-27(17-15-24)32-22-20-31(21-23-32)19-18-29(28(33)30(2)3,25-10-6-4-7-11-25)26-12-8-5-9-13-26/h4-17H,18-23H2,1-3H3. The van der Waals surface area contributed by atoms with E-state index in [1.807, 2.05) is 50.5 Å². The first-order valence-electron chi connectivity index (χ1n) is 11.9. The van der Waals surface area contributed by atoms with Crippen LogP contribution in [0.15, 0.2) is 84.9 Å². The van der Waals surface area contributed by atoms with Gasteiger partial charge in [0, 0.05) is 46.0 Å². The number of benzene rings is 3. The summed E-state index contributed by atoms with van der Waals surface area (Å²) >= 11 is 0. The number of hydrogen-bond donors (Lipinski definition) is 0. The Morgan fingerprint density at radius 3 is 1.79 bits per heavy atom. The second-order valence-electron chi connectivity index (χ2n) is 9.25. The largest absolute Gasteiger partial charge is 0.369 e. The van der Waals surface area contributed by atoms with Crippen molar-refractivity contribution in [3.8, 4) is 0 Å². The summed E-state index contributed by atoms with van der Waals surface area (Å²) in [6.45, 7) is 7.03. The fraction of sp³-hybridized carbons (Fsp3) is 0.345. The van der Waals surface area contributed by atoms with E-state index in [1.165, 1.54) is 11.3 Å². The van der Waals surface area contributed by atoms with Gasteiger partial charge in [0.05, 0.1) is 0 Å². The van der Waals surface area contributed by atoms with Gasteiger partial charge in [0.1, 0.15) is 5.41 Å². The minimum absolute atomic E-state index is 0.137. The lowest BCUT2D eigenvalue weighted by molar-refractivity contribution is -0.133. The van der Waals surface area contributed by atoms with Crippen molar-refractivity contribution < 1.29 is 4.79 Å². The zero-order valence-corrected chi connectivity index (χ0v) is 20.1. The summed E-state index contributed by atoms with van der Waals surface area (Å²) in [6, 6.07) is 29.4. The van der Waals surface area contributed by atoms with Gasteiger partial charge >= 0.3 is 0 Å². The third-order valence-electron chi connectivity index (χ3n) is 6.88. The predicted molar refractivity (Wildman–Crippen MR) is 137 cm³/mol. The predicted octanol–water partition coefficient (Wildman–Crippen LogP) is 4.58. The number of nitrogens with zero attached hydrogens (tertiary/aromatic N) is 3. The molecule has 0 aliphatic carbocycles. The van der Waals surface area contributed by atoms with Crippen molar-refractivity contribution in [3.05, 3.63) is 102 Å². The van der Waals surface area contributed by atoms with E-state index in [9.17, 15) is 4.79 Å². The van der Waals surface area contributed by atoms with Gasteiger partial charge in [-0.2, -0.15) is 0 Å². The van der Waals surface area contributed by atoms with Gasteiger partial charge in [0.15, 0.2) is 0 Å². The summed E-state index contributed by atoms with van der Waals surface area (Å²) in [5, 5.41) is 0. The Hall–Kier alpha value is -3.11. The van der Waals surface area contributed by atoms with Gasteiger partial charge in [-0.25, -0.2) is 0 Å². The Kier molecular flexibility index (Phi) is 7.14. The zero-order chi connectivity index (χ0) is 23.3. The van der Waals surface area contributed by atoms with Crippen molar-refractivity contribution >= 4 is 11.6 Å². The van der Waals surface area contributed by atoms with Crippen LogP contribution in [-0.2, 0) is 10.2 Å². The number of rotatable bonds is 7. The van der Waals surface area contributed by atoms with Crippen LogP contribution in [0.25, 0.3) is 0 Å². The van der Waals surface area contributed by atoms with Crippen LogP contribution in [0.4, 0.5) is 5.69 Å². The molecule has 172 valence electrons. The number of piperazine rings is 1. The van der Waals surface area contributed by atoms with Crippen LogP contribution in [0, 0.1) is 6.92 Å². The molecule has 1 saturated heterocycles. The highest BCUT2D eigenvalue weighted by Gasteiger charge is 2.43. The first-order valence-corrected chi connectivity index (χ1v) is 11.9. The molecule has 1 heterocycles. The van der Waals surface area contributed by atoms with Gasteiger partial charge in [-0.3, -0.25) is 9.69 Å². The fourth-order valence-corrected chi connectivity index (χ4v) is 4.95. The van der Waals surface area contributed by atoms with Gasteiger partial charge in [0.25, 0.3) is 0 Å². The quantitative estimate of drug-likeness (QED) is 0.537. The summed E-state index contributed by atoms with van der Waals surface area (Å²) in [5.74, 6) is 0.137. The molecule has 0 aromatic heterocycles. The number of likely N-dealkylation sites (N-methyl/N-ethyl adjacent to an activating group) is 1. The minimum atomic E-state index is -0.694. The van der Waals surface area contributed by atoms with Gasteiger partial charge in [0.2, 0.25) is 5.91 Å². The van der Waals surface area contributed by atoms with E-state index in [-0.39, 0.29) is 5.91 Å². The number of hydrogen-bond acceptors (Lipinski definition) is 3. The molecular formula is C29H35N3O. The molecule has 1 aliphatic heterocycles. The molecule has 0 bridgehead atoms. The van der Waals surface area contributed by atoms with Crippen LogP contribution in [-0.4, -0.2) is 62.5 Å². The topological polar surface area (TPSA) is 26.8 Å². The number of amides is 1. The average Bonchev–Trinajstić information content (AvgIpc) is 2.86. The summed E-state index contributed by atoms with van der Waals surface area (Å²) in [6.07, 6.45) is 0.753. The lowest BCUT2D eigenvalue weighted by atomic mass is 9.70. The molecule has 1 amide bonds. The molecule has 33 heavy (non-hydrogen) atoms. The molecule has 0 radical (unpaired) electrons. The van der Waals surface area contributed by atoms with Crippen LogP contribution in [0.2, 0.25) is 0 Å². The van der Waals surface area contributed by atoms with E-state index < -0.39 is 5.41 Å². The summed E-state index contributed by atoms with van der Waals surface area (Å²) in [5.41, 5.74) is 4.02.